The molecule has 0 saturated heterocycles. The number of carbonyl (C=O) groups excluding carboxylic acids is 1. The largest absolute Gasteiger partial charge is 0.360 e. The monoisotopic (exact) mass is 344 g/mol. The topological polar surface area (TPSA) is 73.0 Å². The maximum absolute atomic E-state index is 12.1. The average molecular weight is 345 g/mol. The average Bonchev–Trinajstić information content (AvgIpc) is 3.14. The van der Waals surface area contributed by atoms with E-state index in [0.29, 0.717) is 22.2 Å². The van der Waals surface area contributed by atoms with Gasteiger partial charge in [0.1, 0.15) is 11.5 Å². The molecule has 0 aliphatic rings. The van der Waals surface area contributed by atoms with Crippen molar-refractivity contribution in [1.82, 2.24) is 20.3 Å². The summed E-state index contributed by atoms with van der Waals surface area (Å²) < 4.78 is 6.61. The second-order valence-corrected chi connectivity index (χ2v) is 6.16. The molecule has 0 saturated carbocycles. The normalized spacial score (nSPS) is 11.0. The van der Waals surface area contributed by atoms with E-state index in [0.717, 1.165) is 11.1 Å². The fourth-order valence-corrected chi connectivity index (χ4v) is 2.49. The van der Waals surface area contributed by atoms with Gasteiger partial charge in [0, 0.05) is 22.8 Å². The van der Waals surface area contributed by atoms with E-state index in [-0.39, 0.29) is 12.1 Å². The van der Waals surface area contributed by atoms with Crippen LogP contribution in [0.4, 0.5) is 4.79 Å². The number of aryl methyl sites for hydroxylation is 1. The van der Waals surface area contributed by atoms with Gasteiger partial charge in [-0.2, -0.15) is 9.78 Å². The highest BCUT2D eigenvalue weighted by molar-refractivity contribution is 6.30. The van der Waals surface area contributed by atoms with Crippen molar-refractivity contribution >= 4 is 17.6 Å². The highest BCUT2D eigenvalue weighted by Gasteiger charge is 2.20. The summed E-state index contributed by atoms with van der Waals surface area (Å²) in [6.45, 7) is 5.60. The standard InChI is InChI=1S/C17H17ClN4O2/c1-10(2)19-17(23)22-9-8-14(20-22)15-11(3)24-21-16(15)12-4-6-13(18)7-5-12/h4-10H,1-3H3,(H,19,23). The number of amides is 1. The second-order valence-electron chi connectivity index (χ2n) is 5.72. The number of halogens is 1. The predicted molar refractivity (Wildman–Crippen MR) is 92.0 cm³/mol. The lowest BCUT2D eigenvalue weighted by molar-refractivity contribution is 0.237. The van der Waals surface area contributed by atoms with Crippen LogP contribution in [0, 0.1) is 6.92 Å². The first-order valence-electron chi connectivity index (χ1n) is 7.55. The van der Waals surface area contributed by atoms with E-state index >= 15 is 0 Å². The fourth-order valence-electron chi connectivity index (χ4n) is 2.36. The van der Waals surface area contributed by atoms with Crippen LogP contribution in [0.15, 0.2) is 41.1 Å². The molecule has 24 heavy (non-hydrogen) atoms. The van der Waals surface area contributed by atoms with Gasteiger partial charge in [-0.25, -0.2) is 4.79 Å². The lowest BCUT2D eigenvalue weighted by Gasteiger charge is -2.07. The molecular formula is C17H17ClN4O2. The Bertz CT molecular complexity index is 865. The molecule has 124 valence electrons. The van der Waals surface area contributed by atoms with Crippen molar-refractivity contribution in [2.45, 2.75) is 26.8 Å². The number of nitrogens with zero attached hydrogens (tertiary/aromatic N) is 3. The molecule has 0 atom stereocenters. The minimum atomic E-state index is -0.279. The van der Waals surface area contributed by atoms with E-state index in [1.54, 1.807) is 24.4 Å². The molecule has 1 amide bonds. The third-order valence-corrected chi connectivity index (χ3v) is 3.70. The first-order chi connectivity index (χ1) is 11.5. The molecule has 1 aromatic carbocycles. The Morgan fingerprint density at radius 1 is 1.25 bits per heavy atom. The third-order valence-electron chi connectivity index (χ3n) is 3.45. The van der Waals surface area contributed by atoms with Crippen molar-refractivity contribution in [3.05, 3.63) is 47.3 Å². The smallest absolute Gasteiger partial charge is 0.342 e. The van der Waals surface area contributed by atoms with Gasteiger partial charge >= 0.3 is 6.03 Å². The van der Waals surface area contributed by atoms with Crippen LogP contribution in [0.1, 0.15) is 19.6 Å². The molecule has 3 rings (SSSR count). The first-order valence-corrected chi connectivity index (χ1v) is 7.92. The zero-order chi connectivity index (χ0) is 17.3. The molecule has 1 N–H and O–H groups in total. The molecule has 0 fully saturated rings. The molecule has 0 aliphatic carbocycles. The van der Waals surface area contributed by atoms with Crippen molar-refractivity contribution in [2.24, 2.45) is 0 Å². The Hall–Kier alpha value is -2.60. The number of hydrogen-bond donors (Lipinski definition) is 1. The maximum Gasteiger partial charge on any atom is 0.342 e. The van der Waals surface area contributed by atoms with E-state index in [2.05, 4.69) is 15.6 Å². The maximum atomic E-state index is 12.1. The van der Waals surface area contributed by atoms with Crippen molar-refractivity contribution in [2.75, 3.05) is 0 Å². The van der Waals surface area contributed by atoms with Gasteiger partial charge in [-0.1, -0.05) is 28.9 Å². The molecule has 0 bridgehead atoms. The Labute approximate surface area is 144 Å². The van der Waals surface area contributed by atoms with Crippen LogP contribution >= 0.6 is 11.6 Å². The summed E-state index contributed by atoms with van der Waals surface area (Å²) in [6.07, 6.45) is 1.62. The van der Waals surface area contributed by atoms with Gasteiger partial charge in [-0.15, -0.1) is 0 Å². The Morgan fingerprint density at radius 3 is 2.62 bits per heavy atom. The summed E-state index contributed by atoms with van der Waals surface area (Å²) in [7, 11) is 0. The van der Waals surface area contributed by atoms with Gasteiger partial charge in [0.15, 0.2) is 0 Å². The number of hydrogen-bond acceptors (Lipinski definition) is 4. The predicted octanol–water partition coefficient (Wildman–Crippen LogP) is 4.13. The lowest BCUT2D eigenvalue weighted by atomic mass is 10.0. The van der Waals surface area contributed by atoms with Gasteiger partial charge < -0.3 is 9.84 Å². The van der Waals surface area contributed by atoms with Crippen LogP contribution in [0.25, 0.3) is 22.5 Å². The molecule has 0 radical (unpaired) electrons. The van der Waals surface area contributed by atoms with E-state index in [1.807, 2.05) is 32.9 Å². The first kappa shape index (κ1) is 16.3. The molecule has 2 aromatic heterocycles. The molecule has 0 unspecified atom stereocenters. The molecule has 6 nitrogen and oxygen atoms in total. The van der Waals surface area contributed by atoms with Crippen LogP contribution in [0.3, 0.4) is 0 Å². The van der Waals surface area contributed by atoms with Crippen LogP contribution < -0.4 is 5.32 Å². The summed E-state index contributed by atoms with van der Waals surface area (Å²) in [5.74, 6) is 0.634. The Morgan fingerprint density at radius 2 is 1.96 bits per heavy atom. The number of carbonyl (C=O) groups is 1. The minimum absolute atomic E-state index is 0.0344. The molecule has 7 heteroatoms. The van der Waals surface area contributed by atoms with Crippen LogP contribution in [0.5, 0.6) is 0 Å². The quantitative estimate of drug-likeness (QED) is 0.775. The van der Waals surface area contributed by atoms with Gasteiger partial charge in [0.2, 0.25) is 0 Å². The van der Waals surface area contributed by atoms with Crippen molar-refractivity contribution in [1.29, 1.82) is 0 Å². The van der Waals surface area contributed by atoms with E-state index in [1.165, 1.54) is 4.68 Å². The summed E-state index contributed by atoms with van der Waals surface area (Å²) in [4.78, 5) is 12.1. The SMILES string of the molecule is Cc1onc(-c2ccc(Cl)cc2)c1-c1ccn(C(=O)NC(C)C)n1. The number of aromatic nitrogens is 3. The highest BCUT2D eigenvalue weighted by Crippen LogP contribution is 2.33. The van der Waals surface area contributed by atoms with Gasteiger partial charge in [0.05, 0.1) is 11.3 Å². The molecule has 3 aromatic rings. The summed E-state index contributed by atoms with van der Waals surface area (Å²) in [6, 6.07) is 8.83. The summed E-state index contributed by atoms with van der Waals surface area (Å²) in [5.41, 5.74) is 2.91. The van der Waals surface area contributed by atoms with Gasteiger partial charge in [-0.3, -0.25) is 0 Å². The fraction of sp³-hybridized carbons (Fsp3) is 0.235. The molecular weight excluding hydrogens is 328 g/mol. The lowest BCUT2D eigenvalue weighted by Crippen LogP contribution is -2.34. The summed E-state index contributed by atoms with van der Waals surface area (Å²) in [5, 5.41) is 11.9. The van der Waals surface area contributed by atoms with Gasteiger partial charge in [-0.05, 0) is 39.0 Å². The molecule has 0 aliphatic heterocycles. The zero-order valence-corrected chi connectivity index (χ0v) is 14.3. The van der Waals surface area contributed by atoms with E-state index < -0.39 is 0 Å². The molecule has 2 heterocycles. The van der Waals surface area contributed by atoms with Crippen LogP contribution in [-0.4, -0.2) is 27.0 Å². The van der Waals surface area contributed by atoms with Crippen LogP contribution in [0.2, 0.25) is 5.02 Å². The van der Waals surface area contributed by atoms with Crippen molar-refractivity contribution < 1.29 is 9.32 Å². The van der Waals surface area contributed by atoms with Crippen molar-refractivity contribution in [3.63, 3.8) is 0 Å². The number of nitrogens with one attached hydrogen (secondary N) is 1. The van der Waals surface area contributed by atoms with E-state index in [9.17, 15) is 4.79 Å². The number of rotatable bonds is 3. The van der Waals surface area contributed by atoms with Crippen molar-refractivity contribution in [3.8, 4) is 22.5 Å². The van der Waals surface area contributed by atoms with Gasteiger partial charge in [0.25, 0.3) is 0 Å². The Kier molecular flexibility index (Phi) is 4.40. The minimum Gasteiger partial charge on any atom is -0.360 e. The number of benzene rings is 1. The highest BCUT2D eigenvalue weighted by atomic mass is 35.5. The van der Waals surface area contributed by atoms with Crippen LogP contribution in [-0.2, 0) is 0 Å². The second kappa shape index (κ2) is 6.49. The molecule has 0 spiro atoms. The third kappa shape index (κ3) is 3.19. The van der Waals surface area contributed by atoms with E-state index in [4.69, 9.17) is 16.1 Å². The Balaban J connectivity index is 1.99. The summed E-state index contributed by atoms with van der Waals surface area (Å²) >= 11 is 5.94. The zero-order valence-electron chi connectivity index (χ0n) is 13.6.